The van der Waals surface area contributed by atoms with E-state index in [4.69, 9.17) is 28.7 Å². The van der Waals surface area contributed by atoms with E-state index in [0.717, 1.165) is 0 Å². The van der Waals surface area contributed by atoms with Gasteiger partial charge >= 0.3 is 11.9 Å². The van der Waals surface area contributed by atoms with Gasteiger partial charge in [0.15, 0.2) is 5.78 Å². The van der Waals surface area contributed by atoms with Gasteiger partial charge in [-0.05, 0) is 44.9 Å². The number of hydrogen-bond donors (Lipinski definition) is 0. The molecule has 0 bridgehead atoms. The van der Waals surface area contributed by atoms with Gasteiger partial charge in [-0.25, -0.2) is 4.79 Å². The largest absolute Gasteiger partial charge is 0.497 e. The minimum atomic E-state index is -1.13. The highest BCUT2D eigenvalue weighted by atomic mass is 16.5. The zero-order valence-electron chi connectivity index (χ0n) is 23.7. The van der Waals surface area contributed by atoms with Crippen LogP contribution in [0.15, 0.2) is 58.7 Å². The molecule has 1 aliphatic carbocycles. The average molecular weight is 550 g/mol. The van der Waals surface area contributed by atoms with Gasteiger partial charge in [-0.1, -0.05) is 24.3 Å². The Morgan fingerprint density at radius 2 is 1.57 bits per heavy atom. The molecular formula is C31H35NO8. The van der Waals surface area contributed by atoms with Crippen molar-refractivity contribution in [3.05, 3.63) is 64.9 Å². The normalized spacial score (nSPS) is 22.1. The summed E-state index contributed by atoms with van der Waals surface area (Å²) in [6.07, 6.45) is 0.294. The third-order valence-electron chi connectivity index (χ3n) is 7.50. The number of Topliss-reactive ketones (excluding diaryl/α,β-unsaturated/α-hetero) is 1. The molecule has 1 fully saturated rings. The van der Waals surface area contributed by atoms with Gasteiger partial charge < -0.3 is 23.7 Å². The van der Waals surface area contributed by atoms with E-state index in [1.54, 1.807) is 59.3 Å². The lowest BCUT2D eigenvalue weighted by Crippen LogP contribution is -2.49. The summed E-state index contributed by atoms with van der Waals surface area (Å²) in [6.45, 7) is 5.42. The molecule has 0 amide bonds. The van der Waals surface area contributed by atoms with Crippen LogP contribution in [-0.2, 0) is 23.9 Å². The van der Waals surface area contributed by atoms with Crippen molar-refractivity contribution in [2.45, 2.75) is 39.0 Å². The summed E-state index contributed by atoms with van der Waals surface area (Å²) in [7, 11) is 4.60. The average Bonchev–Trinajstić information content (AvgIpc) is 2.96. The second kappa shape index (κ2) is 12.4. The maximum atomic E-state index is 14.5. The number of esters is 2. The standard InChI is InChI=1S/C31H35NO8/c1-7-39-30(34)25-17(3)32-22-16-21(19-11-9-10-12-23(19)37-5)27(31(35)40-8-2)29(33)28(22)26(25)20-14-13-18(36-4)15-24(20)38-6/h9-15,21,26-28H,7-8,16H2,1-6H3/t21-,26+,27+,28?/m0/s1. The third kappa shape index (κ3) is 5.20. The van der Waals surface area contributed by atoms with Crippen molar-refractivity contribution in [3.63, 3.8) is 0 Å². The molecule has 0 aromatic heterocycles. The predicted molar refractivity (Wildman–Crippen MR) is 148 cm³/mol. The molecule has 1 aliphatic heterocycles. The number of nitrogens with zero attached hydrogens (tertiary/aromatic N) is 1. The smallest absolute Gasteiger partial charge is 0.336 e. The van der Waals surface area contributed by atoms with E-state index in [0.29, 0.717) is 46.2 Å². The minimum Gasteiger partial charge on any atom is -0.497 e. The molecule has 1 unspecified atom stereocenters. The van der Waals surface area contributed by atoms with Crippen LogP contribution in [0.3, 0.4) is 0 Å². The first-order valence-corrected chi connectivity index (χ1v) is 13.3. The first-order valence-electron chi connectivity index (χ1n) is 13.3. The Hall–Kier alpha value is -4.14. The van der Waals surface area contributed by atoms with Gasteiger partial charge in [0.05, 0.1) is 46.0 Å². The summed E-state index contributed by atoms with van der Waals surface area (Å²) in [5.41, 5.74) is 2.60. The van der Waals surface area contributed by atoms with Crippen molar-refractivity contribution in [2.24, 2.45) is 16.8 Å². The maximum absolute atomic E-state index is 14.5. The number of para-hydroxylation sites is 1. The Morgan fingerprint density at radius 3 is 2.23 bits per heavy atom. The van der Waals surface area contributed by atoms with Crippen LogP contribution in [0.5, 0.6) is 17.2 Å². The number of fused-ring (bicyclic) bond motifs is 1. The lowest BCUT2D eigenvalue weighted by atomic mass is 9.62. The fourth-order valence-electron chi connectivity index (χ4n) is 5.83. The number of ether oxygens (including phenoxy) is 5. The van der Waals surface area contributed by atoms with Crippen LogP contribution in [0.4, 0.5) is 0 Å². The Bertz CT molecular complexity index is 1360. The van der Waals surface area contributed by atoms with Crippen molar-refractivity contribution < 1.29 is 38.1 Å². The van der Waals surface area contributed by atoms with Crippen LogP contribution < -0.4 is 14.2 Å². The third-order valence-corrected chi connectivity index (χ3v) is 7.50. The number of aliphatic imine (C=N–C) groups is 1. The van der Waals surface area contributed by atoms with Gasteiger partial charge in [-0.15, -0.1) is 0 Å². The molecule has 1 heterocycles. The summed E-state index contributed by atoms with van der Waals surface area (Å²) in [4.78, 5) is 46.1. The van der Waals surface area contributed by atoms with E-state index in [-0.39, 0.29) is 24.6 Å². The van der Waals surface area contributed by atoms with E-state index in [1.165, 1.54) is 7.11 Å². The molecule has 2 aliphatic rings. The van der Waals surface area contributed by atoms with Gasteiger partial charge in [0.2, 0.25) is 0 Å². The minimum absolute atomic E-state index is 0.121. The molecular weight excluding hydrogens is 514 g/mol. The molecule has 9 heteroatoms. The molecule has 212 valence electrons. The number of allylic oxidation sites excluding steroid dienone is 1. The number of benzene rings is 2. The SMILES string of the molecule is CCOC(=O)C1=C(C)N=C2C[C@@H](c3ccccc3OC)[C@@H](C(=O)OCC)C(=O)C2[C@@H]1c1ccc(OC)cc1OC. The summed E-state index contributed by atoms with van der Waals surface area (Å²) in [5, 5.41) is 0. The molecule has 0 spiro atoms. The topological polar surface area (TPSA) is 110 Å². The zero-order chi connectivity index (χ0) is 29.0. The number of rotatable bonds is 9. The van der Waals surface area contributed by atoms with E-state index < -0.39 is 35.6 Å². The molecule has 40 heavy (non-hydrogen) atoms. The quantitative estimate of drug-likeness (QED) is 0.329. The highest BCUT2D eigenvalue weighted by molar-refractivity contribution is 6.18. The van der Waals surface area contributed by atoms with Crippen molar-refractivity contribution in [1.82, 2.24) is 0 Å². The molecule has 0 radical (unpaired) electrons. The van der Waals surface area contributed by atoms with Gasteiger partial charge in [-0.2, -0.15) is 0 Å². The highest BCUT2D eigenvalue weighted by Gasteiger charge is 2.53. The lowest BCUT2D eigenvalue weighted by molar-refractivity contribution is -0.153. The summed E-state index contributed by atoms with van der Waals surface area (Å²) in [6, 6.07) is 12.5. The number of methoxy groups -OCH3 is 3. The Balaban J connectivity index is 1.95. The number of hydrogen-bond acceptors (Lipinski definition) is 9. The molecule has 2 aromatic rings. The first kappa shape index (κ1) is 28.9. The fourth-order valence-corrected chi connectivity index (χ4v) is 5.83. The zero-order valence-corrected chi connectivity index (χ0v) is 23.7. The van der Waals surface area contributed by atoms with Crippen molar-refractivity contribution >= 4 is 23.4 Å². The molecule has 1 saturated carbocycles. The summed E-state index contributed by atoms with van der Waals surface area (Å²) < 4.78 is 27.5. The molecule has 4 atom stereocenters. The van der Waals surface area contributed by atoms with E-state index in [9.17, 15) is 14.4 Å². The Morgan fingerprint density at radius 1 is 0.875 bits per heavy atom. The van der Waals surface area contributed by atoms with Crippen molar-refractivity contribution in [2.75, 3.05) is 34.5 Å². The van der Waals surface area contributed by atoms with E-state index in [2.05, 4.69) is 0 Å². The van der Waals surface area contributed by atoms with Crippen LogP contribution >= 0.6 is 0 Å². The molecule has 9 nitrogen and oxygen atoms in total. The van der Waals surface area contributed by atoms with Crippen LogP contribution in [0, 0.1) is 11.8 Å². The van der Waals surface area contributed by atoms with Crippen LogP contribution in [0.1, 0.15) is 50.2 Å². The second-order valence-electron chi connectivity index (χ2n) is 9.57. The number of carbonyl (C=O) groups is 3. The first-order chi connectivity index (χ1) is 19.3. The van der Waals surface area contributed by atoms with E-state index in [1.807, 2.05) is 18.2 Å². The number of ketones is 1. The van der Waals surface area contributed by atoms with Crippen molar-refractivity contribution in [3.8, 4) is 17.2 Å². The molecule has 0 N–H and O–H groups in total. The Labute approximate surface area is 234 Å². The van der Waals surface area contributed by atoms with Crippen LogP contribution in [-0.4, -0.2) is 58.0 Å². The van der Waals surface area contributed by atoms with E-state index >= 15 is 0 Å². The summed E-state index contributed by atoms with van der Waals surface area (Å²) in [5.74, 6) is -3.41. The summed E-state index contributed by atoms with van der Waals surface area (Å²) >= 11 is 0. The predicted octanol–water partition coefficient (Wildman–Crippen LogP) is 4.64. The van der Waals surface area contributed by atoms with Gasteiger partial charge in [0.25, 0.3) is 0 Å². The molecule has 0 saturated heterocycles. The molecule has 2 aromatic carbocycles. The maximum Gasteiger partial charge on any atom is 0.336 e. The second-order valence-corrected chi connectivity index (χ2v) is 9.57. The number of carbonyl (C=O) groups excluding carboxylic acids is 3. The van der Waals surface area contributed by atoms with Crippen LogP contribution in [0.2, 0.25) is 0 Å². The van der Waals surface area contributed by atoms with Gasteiger partial charge in [-0.3, -0.25) is 14.6 Å². The van der Waals surface area contributed by atoms with Gasteiger partial charge in [0, 0.05) is 34.9 Å². The molecule has 4 rings (SSSR count). The Kier molecular flexibility index (Phi) is 8.92. The monoisotopic (exact) mass is 549 g/mol. The lowest BCUT2D eigenvalue weighted by Gasteiger charge is -2.41. The fraction of sp³-hybridized carbons (Fsp3) is 0.419. The van der Waals surface area contributed by atoms with Gasteiger partial charge in [0.1, 0.15) is 23.2 Å². The van der Waals surface area contributed by atoms with Crippen LogP contribution in [0.25, 0.3) is 0 Å². The highest BCUT2D eigenvalue weighted by Crippen LogP contribution is 2.51. The van der Waals surface area contributed by atoms with Crippen molar-refractivity contribution in [1.29, 1.82) is 0 Å².